The van der Waals surface area contributed by atoms with Gasteiger partial charge in [0.15, 0.2) is 0 Å². The predicted octanol–water partition coefficient (Wildman–Crippen LogP) is 4.54. The van der Waals surface area contributed by atoms with Crippen molar-refractivity contribution in [2.45, 2.75) is 58.5 Å². The Hall–Kier alpha value is -2.66. The predicted molar refractivity (Wildman–Crippen MR) is 132 cm³/mol. The largest absolute Gasteiger partial charge is 0.352 e. The van der Waals surface area contributed by atoms with Crippen LogP contribution in [0.3, 0.4) is 0 Å². The van der Waals surface area contributed by atoms with Gasteiger partial charge in [0, 0.05) is 31.7 Å². The summed E-state index contributed by atoms with van der Waals surface area (Å²) in [4.78, 5) is 30.1. The number of hydrogen-bond acceptors (Lipinski definition) is 3. The summed E-state index contributed by atoms with van der Waals surface area (Å²) >= 11 is 0. The molecule has 4 rings (SSSR count). The first-order valence-electron chi connectivity index (χ1n) is 12.5. The lowest BCUT2D eigenvalue weighted by Gasteiger charge is -2.32. The van der Waals surface area contributed by atoms with E-state index >= 15 is 0 Å². The van der Waals surface area contributed by atoms with Gasteiger partial charge in [0.25, 0.3) is 5.91 Å². The van der Waals surface area contributed by atoms with E-state index in [9.17, 15) is 9.59 Å². The Morgan fingerprint density at radius 2 is 1.52 bits per heavy atom. The number of hydrogen-bond donors (Lipinski definition) is 1. The Morgan fingerprint density at radius 1 is 0.848 bits per heavy atom. The number of nitrogens with zero attached hydrogens (tertiary/aromatic N) is 2. The molecule has 5 nitrogen and oxygen atoms in total. The van der Waals surface area contributed by atoms with Crippen LogP contribution in [-0.2, 0) is 17.9 Å². The molecule has 1 N–H and O–H groups in total. The summed E-state index contributed by atoms with van der Waals surface area (Å²) in [5.74, 6) is -0.0759. The van der Waals surface area contributed by atoms with E-state index < -0.39 is 0 Å². The fourth-order valence-corrected chi connectivity index (χ4v) is 4.90. The number of nitrogens with one attached hydrogen (secondary N) is 1. The smallest absolute Gasteiger partial charge is 0.253 e. The Bertz CT molecular complexity index is 915. The van der Waals surface area contributed by atoms with E-state index in [2.05, 4.69) is 34.5 Å². The van der Waals surface area contributed by atoms with Crippen LogP contribution in [0.15, 0.2) is 48.5 Å². The van der Waals surface area contributed by atoms with E-state index in [0.29, 0.717) is 18.7 Å². The van der Waals surface area contributed by atoms with Gasteiger partial charge in [-0.2, -0.15) is 0 Å². The number of rotatable bonds is 6. The van der Waals surface area contributed by atoms with Gasteiger partial charge in [0.2, 0.25) is 5.91 Å². The molecular weight excluding hydrogens is 410 g/mol. The molecule has 2 heterocycles. The number of piperidine rings is 1. The van der Waals surface area contributed by atoms with Crippen LogP contribution >= 0.6 is 0 Å². The first-order chi connectivity index (χ1) is 16.1. The van der Waals surface area contributed by atoms with Gasteiger partial charge in [-0.05, 0) is 69.0 Å². The van der Waals surface area contributed by atoms with Crippen LogP contribution in [0.4, 0.5) is 0 Å². The minimum Gasteiger partial charge on any atom is -0.352 e. The number of amides is 2. The maximum Gasteiger partial charge on any atom is 0.253 e. The van der Waals surface area contributed by atoms with Gasteiger partial charge >= 0.3 is 0 Å². The maximum atomic E-state index is 12.8. The van der Waals surface area contributed by atoms with Crippen molar-refractivity contribution < 1.29 is 9.59 Å². The van der Waals surface area contributed by atoms with Gasteiger partial charge < -0.3 is 10.2 Å². The topological polar surface area (TPSA) is 52.7 Å². The summed E-state index contributed by atoms with van der Waals surface area (Å²) in [7, 11) is 0. The molecular formula is C28H37N3O2. The van der Waals surface area contributed by atoms with E-state index in [-0.39, 0.29) is 17.7 Å². The highest BCUT2D eigenvalue weighted by molar-refractivity contribution is 5.94. The highest BCUT2D eigenvalue weighted by Crippen LogP contribution is 2.20. The zero-order valence-electron chi connectivity index (χ0n) is 19.9. The molecule has 0 spiro atoms. The van der Waals surface area contributed by atoms with Crippen LogP contribution < -0.4 is 5.32 Å². The van der Waals surface area contributed by atoms with E-state index in [1.165, 1.54) is 44.3 Å². The molecule has 0 saturated carbocycles. The molecule has 0 aliphatic carbocycles. The first-order valence-corrected chi connectivity index (χ1v) is 12.5. The molecule has 0 radical (unpaired) electrons. The van der Waals surface area contributed by atoms with Crippen molar-refractivity contribution in [3.05, 3.63) is 70.8 Å². The number of aryl methyl sites for hydroxylation is 1. The van der Waals surface area contributed by atoms with Gasteiger partial charge in [0.1, 0.15) is 0 Å². The molecule has 2 aliphatic heterocycles. The van der Waals surface area contributed by atoms with Crippen molar-refractivity contribution in [1.82, 2.24) is 15.1 Å². The highest BCUT2D eigenvalue weighted by Gasteiger charge is 2.28. The summed E-state index contributed by atoms with van der Waals surface area (Å²) in [5.41, 5.74) is 4.29. The second kappa shape index (κ2) is 11.5. The Labute approximate surface area is 198 Å². The number of carbonyl (C=O) groups is 2. The van der Waals surface area contributed by atoms with E-state index in [1.54, 1.807) is 0 Å². The first kappa shape index (κ1) is 23.5. The van der Waals surface area contributed by atoms with Crippen LogP contribution in [0.2, 0.25) is 0 Å². The second-order valence-electron chi connectivity index (χ2n) is 9.68. The molecule has 1 unspecified atom stereocenters. The monoisotopic (exact) mass is 447 g/mol. The molecule has 2 aromatic carbocycles. The standard InChI is InChI=1S/C28H37N3O2/c1-22-8-14-25(15-9-22)28(33)31-18-6-7-26(21-31)27(32)29-19-23-10-12-24(13-11-23)20-30-16-4-2-3-5-17-30/h8-15,26H,2-7,16-21H2,1H3,(H,29,32). The van der Waals surface area contributed by atoms with Crippen LogP contribution in [0.5, 0.6) is 0 Å². The summed E-state index contributed by atoms with van der Waals surface area (Å²) in [5, 5.41) is 3.10. The van der Waals surface area contributed by atoms with Gasteiger partial charge in [0.05, 0.1) is 5.92 Å². The van der Waals surface area contributed by atoms with Crippen molar-refractivity contribution in [3.63, 3.8) is 0 Å². The van der Waals surface area contributed by atoms with Crippen LogP contribution in [0, 0.1) is 12.8 Å². The average Bonchev–Trinajstić information content (AvgIpc) is 3.12. The molecule has 1 atom stereocenters. The van der Waals surface area contributed by atoms with E-state index in [4.69, 9.17) is 0 Å². The zero-order valence-corrected chi connectivity index (χ0v) is 19.9. The normalized spacial score (nSPS) is 19.7. The highest BCUT2D eigenvalue weighted by atomic mass is 16.2. The molecule has 2 aromatic rings. The molecule has 0 aromatic heterocycles. The fourth-order valence-electron chi connectivity index (χ4n) is 4.90. The second-order valence-corrected chi connectivity index (χ2v) is 9.68. The number of carbonyl (C=O) groups excluding carboxylic acids is 2. The average molecular weight is 448 g/mol. The Balaban J connectivity index is 1.25. The van der Waals surface area contributed by atoms with Crippen molar-refractivity contribution in [3.8, 4) is 0 Å². The number of likely N-dealkylation sites (tertiary alicyclic amines) is 2. The van der Waals surface area contributed by atoms with E-state index in [1.807, 2.05) is 36.1 Å². The minimum absolute atomic E-state index is 0.0208. The summed E-state index contributed by atoms with van der Waals surface area (Å²) in [6.07, 6.45) is 7.01. The molecule has 33 heavy (non-hydrogen) atoms. The third-order valence-electron chi connectivity index (χ3n) is 6.97. The summed E-state index contributed by atoms with van der Waals surface area (Å²) < 4.78 is 0. The Kier molecular flexibility index (Phi) is 8.16. The molecule has 2 amide bonds. The molecule has 0 bridgehead atoms. The molecule has 2 fully saturated rings. The zero-order chi connectivity index (χ0) is 23.0. The Morgan fingerprint density at radius 3 is 2.21 bits per heavy atom. The van der Waals surface area contributed by atoms with Gasteiger partial charge in [-0.15, -0.1) is 0 Å². The van der Waals surface area contributed by atoms with Crippen LogP contribution in [0.25, 0.3) is 0 Å². The lowest BCUT2D eigenvalue weighted by atomic mass is 9.96. The fraction of sp³-hybridized carbons (Fsp3) is 0.500. The van der Waals surface area contributed by atoms with Gasteiger partial charge in [-0.1, -0.05) is 54.8 Å². The molecule has 176 valence electrons. The lowest BCUT2D eigenvalue weighted by molar-refractivity contribution is -0.126. The summed E-state index contributed by atoms with van der Waals surface area (Å²) in [6, 6.07) is 16.3. The lowest BCUT2D eigenvalue weighted by Crippen LogP contribution is -2.45. The third-order valence-corrected chi connectivity index (χ3v) is 6.97. The van der Waals surface area contributed by atoms with E-state index in [0.717, 1.165) is 37.1 Å². The van der Waals surface area contributed by atoms with Crippen molar-refractivity contribution in [1.29, 1.82) is 0 Å². The third kappa shape index (κ3) is 6.67. The van der Waals surface area contributed by atoms with Crippen molar-refractivity contribution in [2.75, 3.05) is 26.2 Å². The van der Waals surface area contributed by atoms with Gasteiger partial charge in [-0.25, -0.2) is 0 Å². The van der Waals surface area contributed by atoms with Crippen molar-refractivity contribution in [2.24, 2.45) is 5.92 Å². The maximum absolute atomic E-state index is 12.8. The summed E-state index contributed by atoms with van der Waals surface area (Å²) in [6.45, 7) is 7.16. The SMILES string of the molecule is Cc1ccc(C(=O)N2CCCC(C(=O)NCc3ccc(CN4CCCCCC4)cc3)C2)cc1. The molecule has 5 heteroatoms. The van der Waals surface area contributed by atoms with Crippen LogP contribution in [0.1, 0.15) is 65.6 Å². The quantitative estimate of drug-likeness (QED) is 0.707. The van der Waals surface area contributed by atoms with Crippen LogP contribution in [-0.4, -0.2) is 47.8 Å². The molecule has 2 aliphatic rings. The molecule has 2 saturated heterocycles. The van der Waals surface area contributed by atoms with Gasteiger partial charge in [-0.3, -0.25) is 14.5 Å². The minimum atomic E-state index is -0.143. The number of benzene rings is 2. The van der Waals surface area contributed by atoms with Crippen molar-refractivity contribution >= 4 is 11.8 Å².